The number of ether oxygens (including phenoxy) is 1. The van der Waals surface area contributed by atoms with Crippen LogP contribution < -0.4 is 0 Å². The maximum Gasteiger partial charge on any atom is 0.0771 e. The van der Waals surface area contributed by atoms with Crippen LogP contribution in [0.4, 0.5) is 0 Å². The second kappa shape index (κ2) is 16.0. The third-order valence-corrected chi connectivity index (χ3v) is 3.67. The topological polar surface area (TPSA) is 29.5 Å². The van der Waals surface area contributed by atoms with E-state index in [0.717, 1.165) is 19.4 Å². The molecule has 0 amide bonds. The largest absolute Gasteiger partial charge is 0.391 e. The third-order valence-electron chi connectivity index (χ3n) is 3.67. The van der Waals surface area contributed by atoms with Crippen molar-refractivity contribution in [1.29, 1.82) is 0 Å². The van der Waals surface area contributed by atoms with Gasteiger partial charge < -0.3 is 9.84 Å². The number of unbranched alkanes of at least 4 members (excludes halogenated alkanes) is 10. The van der Waals surface area contributed by atoms with Gasteiger partial charge >= 0.3 is 0 Å². The van der Waals surface area contributed by atoms with E-state index in [0.29, 0.717) is 6.61 Å². The quantitative estimate of drug-likeness (QED) is 0.421. The fourth-order valence-corrected chi connectivity index (χ4v) is 2.21. The Balaban J connectivity index is 2.95. The fraction of sp³-hybridized carbons (Fsp3) is 1.00. The van der Waals surface area contributed by atoms with E-state index in [1.165, 1.54) is 64.2 Å². The van der Waals surface area contributed by atoms with Gasteiger partial charge in [-0.25, -0.2) is 0 Å². The summed E-state index contributed by atoms with van der Waals surface area (Å²) in [6, 6.07) is 0. The van der Waals surface area contributed by atoms with Crippen LogP contribution in [0.2, 0.25) is 0 Å². The van der Waals surface area contributed by atoms with Crippen LogP contribution >= 0.6 is 0 Å². The van der Waals surface area contributed by atoms with E-state index in [4.69, 9.17) is 4.74 Å². The molecule has 0 aliphatic heterocycles. The molecule has 0 aromatic carbocycles. The van der Waals surface area contributed by atoms with Crippen molar-refractivity contribution in [3.63, 3.8) is 0 Å². The van der Waals surface area contributed by atoms with E-state index in [1.807, 2.05) is 6.92 Å². The van der Waals surface area contributed by atoms with Gasteiger partial charge in [0.2, 0.25) is 0 Å². The molecule has 0 spiro atoms. The molecule has 0 heterocycles. The van der Waals surface area contributed by atoms with Crippen LogP contribution in [0.15, 0.2) is 0 Å². The van der Waals surface area contributed by atoms with E-state index >= 15 is 0 Å². The van der Waals surface area contributed by atoms with Crippen LogP contribution in [0.1, 0.15) is 90.9 Å². The Morgan fingerprint density at radius 1 is 0.737 bits per heavy atom. The molecule has 0 bridgehead atoms. The zero-order chi connectivity index (χ0) is 14.2. The average Bonchev–Trinajstić information content (AvgIpc) is 2.43. The Hall–Kier alpha value is -0.0800. The summed E-state index contributed by atoms with van der Waals surface area (Å²) in [6.07, 6.45) is 15.5. The first kappa shape index (κ1) is 18.9. The second-order valence-corrected chi connectivity index (χ2v) is 5.67. The number of aliphatic hydroxyl groups is 1. The van der Waals surface area contributed by atoms with Crippen LogP contribution in [-0.2, 0) is 4.74 Å². The molecule has 0 saturated heterocycles. The number of hydrogen-bond acceptors (Lipinski definition) is 2. The van der Waals surface area contributed by atoms with Crippen molar-refractivity contribution in [3.05, 3.63) is 0 Å². The zero-order valence-electron chi connectivity index (χ0n) is 13.3. The summed E-state index contributed by atoms with van der Waals surface area (Å²) in [7, 11) is 0. The molecule has 0 fully saturated rings. The average molecular weight is 272 g/mol. The Bertz CT molecular complexity index is 159. The molecule has 0 rings (SSSR count). The number of aliphatic hydroxyl groups excluding tert-OH is 1. The van der Waals surface area contributed by atoms with Crippen molar-refractivity contribution < 1.29 is 9.84 Å². The number of hydrogen-bond donors (Lipinski definition) is 1. The first-order chi connectivity index (χ1) is 9.31. The lowest BCUT2D eigenvalue weighted by Gasteiger charge is -2.08. The van der Waals surface area contributed by atoms with Crippen molar-refractivity contribution in [2.45, 2.75) is 97.0 Å². The highest BCUT2D eigenvalue weighted by Crippen LogP contribution is 2.11. The fourth-order valence-electron chi connectivity index (χ4n) is 2.21. The normalized spacial score (nSPS) is 12.8. The highest BCUT2D eigenvalue weighted by atomic mass is 16.5. The highest BCUT2D eigenvalue weighted by molar-refractivity contribution is 4.50. The molecule has 0 saturated carbocycles. The first-order valence-corrected chi connectivity index (χ1v) is 8.57. The first-order valence-electron chi connectivity index (χ1n) is 8.57. The van der Waals surface area contributed by atoms with Crippen molar-refractivity contribution in [1.82, 2.24) is 0 Å². The molecule has 0 aliphatic rings. The summed E-state index contributed by atoms with van der Waals surface area (Å²) < 4.78 is 5.42. The van der Waals surface area contributed by atoms with Gasteiger partial charge in [-0.15, -0.1) is 0 Å². The van der Waals surface area contributed by atoms with Crippen molar-refractivity contribution in [2.24, 2.45) is 0 Å². The smallest absolute Gasteiger partial charge is 0.0771 e. The van der Waals surface area contributed by atoms with Gasteiger partial charge in [-0.3, -0.25) is 0 Å². The van der Waals surface area contributed by atoms with E-state index < -0.39 is 0 Å². The van der Waals surface area contributed by atoms with Gasteiger partial charge in [0.15, 0.2) is 0 Å². The summed E-state index contributed by atoms with van der Waals surface area (Å²) in [5.74, 6) is 0. The minimum absolute atomic E-state index is 0.271. The van der Waals surface area contributed by atoms with Crippen molar-refractivity contribution in [3.8, 4) is 0 Å². The lowest BCUT2D eigenvalue weighted by Crippen LogP contribution is -2.14. The molecule has 116 valence electrons. The monoisotopic (exact) mass is 272 g/mol. The Morgan fingerprint density at radius 2 is 1.21 bits per heavy atom. The van der Waals surface area contributed by atoms with Crippen LogP contribution in [-0.4, -0.2) is 24.4 Å². The number of rotatable bonds is 15. The van der Waals surface area contributed by atoms with Gasteiger partial charge in [-0.2, -0.15) is 0 Å². The van der Waals surface area contributed by atoms with Gasteiger partial charge in [0.25, 0.3) is 0 Å². The molecule has 0 aromatic heterocycles. The van der Waals surface area contributed by atoms with E-state index in [1.54, 1.807) is 0 Å². The molecule has 1 N–H and O–H groups in total. The maximum absolute atomic E-state index is 9.31. The lowest BCUT2D eigenvalue weighted by atomic mass is 10.1. The van der Waals surface area contributed by atoms with E-state index in [9.17, 15) is 5.11 Å². The molecule has 0 aromatic rings. The third kappa shape index (κ3) is 15.9. The Labute approximate surface area is 120 Å². The minimum atomic E-state index is -0.271. The predicted octanol–water partition coefficient (Wildman–Crippen LogP) is 5.08. The SMILES string of the molecule is CCCCCCCCCCCCCOCC(O)CC. The maximum atomic E-state index is 9.31. The summed E-state index contributed by atoms with van der Waals surface area (Å²) in [4.78, 5) is 0. The molecule has 2 nitrogen and oxygen atoms in total. The van der Waals surface area contributed by atoms with E-state index in [2.05, 4.69) is 6.92 Å². The summed E-state index contributed by atoms with van der Waals surface area (Å²) in [6.45, 7) is 5.57. The van der Waals surface area contributed by atoms with Crippen molar-refractivity contribution >= 4 is 0 Å². The van der Waals surface area contributed by atoms with Crippen LogP contribution in [0.25, 0.3) is 0 Å². The molecular weight excluding hydrogens is 236 g/mol. The van der Waals surface area contributed by atoms with Crippen LogP contribution in [0.3, 0.4) is 0 Å². The van der Waals surface area contributed by atoms with Gasteiger partial charge in [0, 0.05) is 6.61 Å². The molecule has 1 atom stereocenters. The highest BCUT2D eigenvalue weighted by Gasteiger charge is 1.99. The molecule has 19 heavy (non-hydrogen) atoms. The zero-order valence-corrected chi connectivity index (χ0v) is 13.3. The van der Waals surface area contributed by atoms with Crippen molar-refractivity contribution in [2.75, 3.05) is 13.2 Å². The summed E-state index contributed by atoms with van der Waals surface area (Å²) in [5, 5.41) is 9.31. The van der Waals surface area contributed by atoms with Gasteiger partial charge in [0.1, 0.15) is 0 Å². The van der Waals surface area contributed by atoms with Crippen LogP contribution in [0, 0.1) is 0 Å². The predicted molar refractivity (Wildman–Crippen MR) is 83.6 cm³/mol. The standard InChI is InChI=1S/C17H36O2/c1-3-5-6-7-8-9-10-11-12-13-14-15-19-16-17(18)4-2/h17-18H,3-16H2,1-2H3. The second-order valence-electron chi connectivity index (χ2n) is 5.67. The summed E-state index contributed by atoms with van der Waals surface area (Å²) in [5.41, 5.74) is 0. The molecule has 0 aliphatic carbocycles. The molecule has 0 radical (unpaired) electrons. The Kier molecular flexibility index (Phi) is 15.9. The van der Waals surface area contributed by atoms with E-state index in [-0.39, 0.29) is 6.10 Å². The minimum Gasteiger partial charge on any atom is -0.391 e. The van der Waals surface area contributed by atoms with Gasteiger partial charge in [-0.1, -0.05) is 78.1 Å². The summed E-state index contributed by atoms with van der Waals surface area (Å²) >= 11 is 0. The van der Waals surface area contributed by atoms with Gasteiger partial charge in [-0.05, 0) is 12.8 Å². The Morgan fingerprint density at radius 3 is 1.68 bits per heavy atom. The molecular formula is C17H36O2. The molecule has 2 heteroatoms. The van der Waals surface area contributed by atoms with Crippen LogP contribution in [0.5, 0.6) is 0 Å². The van der Waals surface area contributed by atoms with Gasteiger partial charge in [0.05, 0.1) is 12.7 Å². The lowest BCUT2D eigenvalue weighted by molar-refractivity contribution is 0.0335. The molecule has 1 unspecified atom stereocenters.